The quantitative estimate of drug-likeness (QED) is 0.640. The molecule has 0 amide bonds. The predicted molar refractivity (Wildman–Crippen MR) is 104 cm³/mol. The van der Waals surface area contributed by atoms with Gasteiger partial charge in [-0.05, 0) is 30.2 Å². The lowest BCUT2D eigenvalue weighted by molar-refractivity contribution is 0.174. The SMILES string of the molecule is C=C(C)C1Cc2c(cc3occ(-c4ccc5c(c4)OCO5)c(=O)c3c2OC)O1. The molecule has 0 radical (unpaired) electrons. The van der Waals surface area contributed by atoms with E-state index >= 15 is 0 Å². The van der Waals surface area contributed by atoms with E-state index in [1.165, 1.54) is 6.26 Å². The van der Waals surface area contributed by atoms with E-state index in [1.54, 1.807) is 25.3 Å². The first-order valence-corrected chi connectivity index (χ1v) is 8.94. The van der Waals surface area contributed by atoms with Gasteiger partial charge in [0, 0.05) is 18.1 Å². The summed E-state index contributed by atoms with van der Waals surface area (Å²) in [5, 5.41) is 0.405. The van der Waals surface area contributed by atoms with Crippen molar-refractivity contribution >= 4 is 11.0 Å². The van der Waals surface area contributed by atoms with Crippen molar-refractivity contribution < 1.29 is 23.4 Å². The summed E-state index contributed by atoms with van der Waals surface area (Å²) in [5.41, 5.74) is 3.16. The summed E-state index contributed by atoms with van der Waals surface area (Å²) in [6.07, 6.45) is 1.93. The second-order valence-electron chi connectivity index (χ2n) is 6.96. The molecule has 0 spiro atoms. The number of rotatable bonds is 3. The van der Waals surface area contributed by atoms with Gasteiger partial charge >= 0.3 is 0 Å². The smallest absolute Gasteiger partial charge is 0.231 e. The molecule has 2 aromatic carbocycles. The molecular formula is C22H18O6. The van der Waals surface area contributed by atoms with Gasteiger partial charge in [-0.1, -0.05) is 12.6 Å². The Kier molecular flexibility index (Phi) is 3.62. The van der Waals surface area contributed by atoms with E-state index in [4.69, 9.17) is 23.4 Å². The van der Waals surface area contributed by atoms with Crippen LogP contribution in [-0.2, 0) is 6.42 Å². The molecule has 3 aromatic rings. The zero-order valence-electron chi connectivity index (χ0n) is 15.5. The summed E-state index contributed by atoms with van der Waals surface area (Å²) in [7, 11) is 1.55. The van der Waals surface area contributed by atoms with Crippen LogP contribution in [0.5, 0.6) is 23.0 Å². The summed E-state index contributed by atoms with van der Waals surface area (Å²) in [6, 6.07) is 7.12. The Morgan fingerprint density at radius 1 is 1.18 bits per heavy atom. The van der Waals surface area contributed by atoms with E-state index in [-0.39, 0.29) is 18.3 Å². The fourth-order valence-electron chi connectivity index (χ4n) is 3.71. The Bertz CT molecular complexity index is 1190. The minimum atomic E-state index is -0.168. The van der Waals surface area contributed by atoms with Gasteiger partial charge in [-0.3, -0.25) is 4.79 Å². The monoisotopic (exact) mass is 378 g/mol. The molecule has 2 aliphatic heterocycles. The molecular weight excluding hydrogens is 360 g/mol. The fourth-order valence-corrected chi connectivity index (χ4v) is 3.71. The maximum absolute atomic E-state index is 13.4. The Morgan fingerprint density at radius 3 is 2.79 bits per heavy atom. The minimum Gasteiger partial charge on any atom is -0.495 e. The average molecular weight is 378 g/mol. The van der Waals surface area contributed by atoms with Crippen molar-refractivity contribution in [2.24, 2.45) is 0 Å². The molecule has 1 aromatic heterocycles. The Hall–Kier alpha value is -3.41. The van der Waals surface area contributed by atoms with Gasteiger partial charge in [0.2, 0.25) is 12.2 Å². The summed E-state index contributed by atoms with van der Waals surface area (Å²) >= 11 is 0. The van der Waals surface area contributed by atoms with E-state index < -0.39 is 0 Å². The Morgan fingerprint density at radius 2 is 2.00 bits per heavy atom. The third-order valence-corrected chi connectivity index (χ3v) is 5.18. The number of benzene rings is 2. The van der Waals surface area contributed by atoms with Crippen LogP contribution >= 0.6 is 0 Å². The van der Waals surface area contributed by atoms with E-state index in [1.807, 2.05) is 13.0 Å². The summed E-state index contributed by atoms with van der Waals surface area (Å²) in [5.74, 6) is 2.42. The van der Waals surface area contributed by atoms with Crippen molar-refractivity contribution in [3.8, 4) is 34.1 Å². The van der Waals surface area contributed by atoms with Crippen LogP contribution in [0.3, 0.4) is 0 Å². The van der Waals surface area contributed by atoms with Crippen molar-refractivity contribution in [3.05, 3.63) is 58.5 Å². The Balaban J connectivity index is 1.71. The first-order chi connectivity index (χ1) is 13.6. The van der Waals surface area contributed by atoms with Crippen LogP contribution in [0.25, 0.3) is 22.1 Å². The molecule has 28 heavy (non-hydrogen) atoms. The van der Waals surface area contributed by atoms with Gasteiger partial charge in [-0.2, -0.15) is 0 Å². The van der Waals surface area contributed by atoms with Crippen molar-refractivity contribution in [3.63, 3.8) is 0 Å². The molecule has 2 aliphatic rings. The summed E-state index contributed by atoms with van der Waals surface area (Å²) < 4.78 is 28.2. The number of hydrogen-bond donors (Lipinski definition) is 0. The molecule has 0 saturated carbocycles. The molecule has 5 rings (SSSR count). The van der Waals surface area contributed by atoms with Gasteiger partial charge < -0.3 is 23.4 Å². The second kappa shape index (κ2) is 6.05. The molecule has 1 unspecified atom stereocenters. The lowest BCUT2D eigenvalue weighted by Gasteiger charge is -2.11. The highest BCUT2D eigenvalue weighted by atomic mass is 16.7. The zero-order valence-corrected chi connectivity index (χ0v) is 15.5. The molecule has 1 atom stereocenters. The average Bonchev–Trinajstić information content (AvgIpc) is 3.32. The van der Waals surface area contributed by atoms with E-state index in [2.05, 4.69) is 6.58 Å². The van der Waals surface area contributed by atoms with Gasteiger partial charge in [0.1, 0.15) is 34.8 Å². The van der Waals surface area contributed by atoms with Gasteiger partial charge in [0.25, 0.3) is 0 Å². The molecule has 0 fully saturated rings. The lowest BCUT2D eigenvalue weighted by Crippen LogP contribution is -2.13. The second-order valence-corrected chi connectivity index (χ2v) is 6.96. The van der Waals surface area contributed by atoms with E-state index in [9.17, 15) is 4.79 Å². The number of fused-ring (bicyclic) bond motifs is 3. The van der Waals surface area contributed by atoms with Crippen LogP contribution in [0.2, 0.25) is 0 Å². The van der Waals surface area contributed by atoms with Crippen LogP contribution in [-0.4, -0.2) is 20.0 Å². The summed E-state index contributed by atoms with van der Waals surface area (Å²) in [4.78, 5) is 13.4. The van der Waals surface area contributed by atoms with Crippen LogP contribution in [0.4, 0.5) is 0 Å². The third-order valence-electron chi connectivity index (χ3n) is 5.18. The zero-order chi connectivity index (χ0) is 19.4. The van der Waals surface area contributed by atoms with Crippen LogP contribution in [0.15, 0.2) is 51.9 Å². The standard InChI is InChI=1S/C22H18O6/c1-11(2)16-7-13-17(28-16)8-19-20(22(13)24-3)21(23)14(9-25-19)12-4-5-15-18(6-12)27-10-26-15/h4-6,8-9,16H,1,7,10H2,2-3H3. The van der Waals surface area contributed by atoms with Crippen molar-refractivity contribution in [1.82, 2.24) is 0 Å². The maximum atomic E-state index is 13.4. The molecule has 0 N–H and O–H groups in total. The largest absolute Gasteiger partial charge is 0.495 e. The third kappa shape index (κ3) is 2.37. The topological polar surface area (TPSA) is 67.1 Å². The number of hydrogen-bond acceptors (Lipinski definition) is 6. The molecule has 6 heteroatoms. The maximum Gasteiger partial charge on any atom is 0.231 e. The van der Waals surface area contributed by atoms with Crippen molar-refractivity contribution in [1.29, 1.82) is 0 Å². The Labute approximate surface area is 160 Å². The fraction of sp³-hybridized carbons (Fsp3) is 0.227. The molecule has 0 saturated heterocycles. The van der Waals surface area contributed by atoms with Gasteiger partial charge in [-0.15, -0.1) is 0 Å². The molecule has 3 heterocycles. The number of ether oxygens (including phenoxy) is 4. The highest BCUT2D eigenvalue weighted by Gasteiger charge is 2.30. The van der Waals surface area contributed by atoms with Crippen LogP contribution < -0.4 is 24.4 Å². The molecule has 142 valence electrons. The van der Waals surface area contributed by atoms with E-state index in [0.717, 1.165) is 11.1 Å². The molecule has 6 nitrogen and oxygen atoms in total. The molecule has 0 bridgehead atoms. The highest BCUT2D eigenvalue weighted by molar-refractivity contribution is 5.90. The minimum absolute atomic E-state index is 0.135. The highest BCUT2D eigenvalue weighted by Crippen LogP contribution is 2.43. The molecule has 0 aliphatic carbocycles. The van der Waals surface area contributed by atoms with Gasteiger partial charge in [0.15, 0.2) is 11.5 Å². The first-order valence-electron chi connectivity index (χ1n) is 8.94. The van der Waals surface area contributed by atoms with Gasteiger partial charge in [0.05, 0.1) is 12.7 Å². The van der Waals surface area contributed by atoms with Crippen molar-refractivity contribution in [2.45, 2.75) is 19.4 Å². The van der Waals surface area contributed by atoms with Crippen LogP contribution in [0.1, 0.15) is 12.5 Å². The van der Waals surface area contributed by atoms with Crippen LogP contribution in [0, 0.1) is 0 Å². The first kappa shape index (κ1) is 16.7. The lowest BCUT2D eigenvalue weighted by atomic mass is 10.00. The van der Waals surface area contributed by atoms with Gasteiger partial charge in [-0.25, -0.2) is 0 Å². The predicted octanol–water partition coefficient (Wildman–Crippen LogP) is 4.08. The van der Waals surface area contributed by atoms with E-state index in [0.29, 0.717) is 51.5 Å². The normalized spacial score (nSPS) is 16.7. The van der Waals surface area contributed by atoms with Crippen molar-refractivity contribution in [2.75, 3.05) is 13.9 Å². The summed E-state index contributed by atoms with van der Waals surface area (Å²) in [6.45, 7) is 6.07. The number of methoxy groups -OCH3 is 1.